The molecule has 1 aliphatic heterocycles. The summed E-state index contributed by atoms with van der Waals surface area (Å²) in [6.07, 6.45) is 6.10. The number of amides is 4. The lowest BCUT2D eigenvalue weighted by Gasteiger charge is -2.35. The molecule has 1 saturated carbocycles. The van der Waals surface area contributed by atoms with Crippen LogP contribution in [0.5, 0.6) is 5.75 Å². The normalized spacial score (nSPS) is 20.8. The minimum Gasteiger partial charge on any atom is -0.496 e. The first-order chi connectivity index (χ1) is 12.0. The Bertz CT molecular complexity index is 753. The van der Waals surface area contributed by atoms with E-state index < -0.39 is 17.8 Å². The molecule has 0 unspecified atom stereocenters. The van der Waals surface area contributed by atoms with Crippen LogP contribution in [0.15, 0.2) is 28.2 Å². The van der Waals surface area contributed by atoms with Crippen molar-refractivity contribution >= 4 is 39.9 Å². The van der Waals surface area contributed by atoms with Crippen LogP contribution in [0.3, 0.4) is 0 Å². The van der Waals surface area contributed by atoms with Crippen LogP contribution in [-0.4, -0.2) is 35.9 Å². The maximum atomic E-state index is 12.9. The van der Waals surface area contributed by atoms with E-state index in [1.165, 1.54) is 18.1 Å². The van der Waals surface area contributed by atoms with Crippen molar-refractivity contribution in [1.29, 1.82) is 0 Å². The van der Waals surface area contributed by atoms with E-state index in [0.717, 1.165) is 36.6 Å². The highest BCUT2D eigenvalue weighted by Crippen LogP contribution is 2.29. The number of benzene rings is 1. The van der Waals surface area contributed by atoms with Crippen molar-refractivity contribution in [3.8, 4) is 5.75 Å². The molecule has 1 saturated heterocycles. The number of carbonyl (C=O) groups excluding carboxylic acids is 3. The molecule has 1 aromatic rings. The quantitative estimate of drug-likeness (QED) is 0.617. The average molecular weight is 407 g/mol. The third-order valence-electron chi connectivity index (χ3n) is 4.56. The first kappa shape index (κ1) is 17.7. The molecule has 0 aromatic heterocycles. The first-order valence-corrected chi connectivity index (χ1v) is 9.04. The monoisotopic (exact) mass is 406 g/mol. The number of rotatable bonds is 3. The second kappa shape index (κ2) is 7.39. The number of urea groups is 1. The molecule has 0 atom stereocenters. The van der Waals surface area contributed by atoms with Crippen LogP contribution in [0.1, 0.15) is 37.7 Å². The Morgan fingerprint density at radius 1 is 1.20 bits per heavy atom. The number of carbonyl (C=O) groups is 3. The van der Waals surface area contributed by atoms with Gasteiger partial charge in [0, 0.05) is 16.1 Å². The number of barbiturate groups is 1. The van der Waals surface area contributed by atoms with Crippen molar-refractivity contribution in [2.45, 2.75) is 38.1 Å². The van der Waals surface area contributed by atoms with Gasteiger partial charge in [0.05, 0.1) is 7.11 Å². The molecule has 3 rings (SSSR count). The van der Waals surface area contributed by atoms with Gasteiger partial charge in [-0.3, -0.25) is 19.8 Å². The van der Waals surface area contributed by atoms with E-state index in [1.54, 1.807) is 12.1 Å². The van der Waals surface area contributed by atoms with Crippen molar-refractivity contribution in [3.05, 3.63) is 33.8 Å². The van der Waals surface area contributed by atoms with E-state index in [0.29, 0.717) is 11.3 Å². The highest BCUT2D eigenvalue weighted by molar-refractivity contribution is 9.10. The van der Waals surface area contributed by atoms with E-state index in [9.17, 15) is 14.4 Å². The van der Waals surface area contributed by atoms with E-state index in [4.69, 9.17) is 4.74 Å². The molecule has 2 fully saturated rings. The maximum Gasteiger partial charge on any atom is 0.331 e. The van der Waals surface area contributed by atoms with Crippen LogP contribution < -0.4 is 10.1 Å². The zero-order chi connectivity index (χ0) is 18.0. The largest absolute Gasteiger partial charge is 0.496 e. The Morgan fingerprint density at radius 3 is 2.60 bits per heavy atom. The molecule has 132 valence electrons. The Morgan fingerprint density at radius 2 is 1.92 bits per heavy atom. The van der Waals surface area contributed by atoms with Crippen LogP contribution >= 0.6 is 15.9 Å². The fourth-order valence-electron chi connectivity index (χ4n) is 3.32. The fraction of sp³-hybridized carbons (Fsp3) is 0.389. The highest BCUT2D eigenvalue weighted by Gasteiger charge is 2.40. The van der Waals surface area contributed by atoms with Gasteiger partial charge in [-0.1, -0.05) is 35.2 Å². The van der Waals surface area contributed by atoms with Gasteiger partial charge >= 0.3 is 6.03 Å². The van der Waals surface area contributed by atoms with Gasteiger partial charge in [-0.15, -0.1) is 0 Å². The topological polar surface area (TPSA) is 75.7 Å². The first-order valence-electron chi connectivity index (χ1n) is 8.25. The molecular formula is C18H19BrN2O4. The van der Waals surface area contributed by atoms with E-state index in [1.807, 2.05) is 6.07 Å². The zero-order valence-corrected chi connectivity index (χ0v) is 15.5. The number of nitrogens with one attached hydrogen (secondary N) is 1. The number of imide groups is 2. The molecule has 7 heteroatoms. The van der Waals surface area contributed by atoms with Gasteiger partial charge in [-0.2, -0.15) is 0 Å². The summed E-state index contributed by atoms with van der Waals surface area (Å²) in [7, 11) is 1.52. The number of ether oxygens (including phenoxy) is 1. The van der Waals surface area contributed by atoms with E-state index >= 15 is 0 Å². The summed E-state index contributed by atoms with van der Waals surface area (Å²) in [6.45, 7) is 0. The van der Waals surface area contributed by atoms with E-state index in [-0.39, 0.29) is 11.6 Å². The number of halogens is 1. The highest BCUT2D eigenvalue weighted by atomic mass is 79.9. The summed E-state index contributed by atoms with van der Waals surface area (Å²) in [4.78, 5) is 38.5. The minimum absolute atomic E-state index is 0.0541. The summed E-state index contributed by atoms with van der Waals surface area (Å²) in [5.74, 6) is -0.677. The van der Waals surface area contributed by atoms with Crippen molar-refractivity contribution in [2.24, 2.45) is 0 Å². The molecule has 1 heterocycles. The minimum atomic E-state index is -0.677. The van der Waals surface area contributed by atoms with Crippen molar-refractivity contribution in [1.82, 2.24) is 10.2 Å². The van der Waals surface area contributed by atoms with Crippen LogP contribution in [0.2, 0.25) is 0 Å². The van der Waals surface area contributed by atoms with Crippen LogP contribution in [-0.2, 0) is 9.59 Å². The van der Waals surface area contributed by atoms with Crippen LogP contribution in [0.4, 0.5) is 4.79 Å². The molecular weight excluding hydrogens is 388 g/mol. The van der Waals surface area contributed by atoms with Gasteiger partial charge < -0.3 is 4.74 Å². The predicted molar refractivity (Wildman–Crippen MR) is 95.9 cm³/mol. The molecule has 25 heavy (non-hydrogen) atoms. The van der Waals surface area contributed by atoms with Gasteiger partial charge in [0.1, 0.15) is 11.3 Å². The number of methoxy groups -OCH3 is 1. The number of hydrogen-bond acceptors (Lipinski definition) is 4. The number of hydrogen-bond donors (Lipinski definition) is 1. The lowest BCUT2D eigenvalue weighted by molar-refractivity contribution is -0.132. The standard InChI is InChI=1S/C18H19BrN2O4/c1-25-15-8-7-12(19)9-11(15)10-14-16(22)20-18(24)21(17(14)23)13-5-3-2-4-6-13/h7-10,13H,2-6H2,1H3,(H,20,22,24)/b14-10+. The second-order valence-corrected chi connectivity index (χ2v) is 7.09. The van der Waals surface area contributed by atoms with Crippen molar-refractivity contribution in [3.63, 3.8) is 0 Å². The Labute approximate surface area is 154 Å². The lowest BCUT2D eigenvalue weighted by Crippen LogP contribution is -2.58. The van der Waals surface area contributed by atoms with E-state index in [2.05, 4.69) is 21.2 Å². The van der Waals surface area contributed by atoms with Crippen molar-refractivity contribution < 1.29 is 19.1 Å². The fourth-order valence-corrected chi connectivity index (χ4v) is 3.69. The molecule has 1 N–H and O–H groups in total. The Kier molecular flexibility index (Phi) is 5.22. The van der Waals surface area contributed by atoms with Gasteiger partial charge in [-0.05, 0) is 37.1 Å². The molecule has 0 bridgehead atoms. The molecule has 1 aromatic carbocycles. The van der Waals surface area contributed by atoms with Gasteiger partial charge in [0.2, 0.25) is 0 Å². The summed E-state index contributed by atoms with van der Waals surface area (Å²) in [5, 5.41) is 2.29. The third-order valence-corrected chi connectivity index (χ3v) is 5.06. The molecule has 4 amide bonds. The van der Waals surface area contributed by atoms with Gasteiger partial charge in [0.15, 0.2) is 0 Å². The maximum absolute atomic E-state index is 12.9. The Hall–Kier alpha value is -2.15. The van der Waals surface area contributed by atoms with Crippen molar-refractivity contribution in [2.75, 3.05) is 7.11 Å². The molecule has 1 aliphatic carbocycles. The predicted octanol–water partition coefficient (Wildman–Crippen LogP) is 3.25. The average Bonchev–Trinajstić information content (AvgIpc) is 2.59. The van der Waals surface area contributed by atoms with Gasteiger partial charge in [-0.25, -0.2) is 4.79 Å². The third kappa shape index (κ3) is 3.61. The summed E-state index contributed by atoms with van der Waals surface area (Å²) < 4.78 is 6.08. The molecule has 6 nitrogen and oxygen atoms in total. The molecule has 0 spiro atoms. The smallest absolute Gasteiger partial charge is 0.331 e. The van der Waals surface area contributed by atoms with Gasteiger partial charge in [0.25, 0.3) is 11.8 Å². The van der Waals surface area contributed by atoms with Crippen LogP contribution in [0, 0.1) is 0 Å². The zero-order valence-electron chi connectivity index (χ0n) is 13.9. The number of nitrogens with zero attached hydrogens (tertiary/aromatic N) is 1. The molecule has 0 radical (unpaired) electrons. The summed E-state index contributed by atoms with van der Waals surface area (Å²) in [5.41, 5.74) is 0.537. The lowest BCUT2D eigenvalue weighted by atomic mass is 9.93. The van der Waals surface area contributed by atoms with Crippen LogP contribution in [0.25, 0.3) is 6.08 Å². The SMILES string of the molecule is COc1ccc(Br)cc1/C=C1\C(=O)NC(=O)N(C2CCCCC2)C1=O. The molecule has 2 aliphatic rings. The summed E-state index contributed by atoms with van der Waals surface area (Å²) in [6, 6.07) is 4.53. The Balaban J connectivity index is 1.97. The summed E-state index contributed by atoms with van der Waals surface area (Å²) >= 11 is 3.37. The second-order valence-electron chi connectivity index (χ2n) is 6.17.